The molecule has 0 saturated carbocycles. The normalized spacial score (nSPS) is 15.0. The molecule has 1 aliphatic heterocycles. The van der Waals surface area contributed by atoms with E-state index >= 15 is 0 Å². The molecule has 4 rings (SSSR count). The van der Waals surface area contributed by atoms with Crippen molar-refractivity contribution < 1.29 is 4.79 Å². The second kappa shape index (κ2) is 8.57. The zero-order valence-corrected chi connectivity index (χ0v) is 17.3. The summed E-state index contributed by atoms with van der Waals surface area (Å²) in [6, 6.07) is 9.48. The van der Waals surface area contributed by atoms with Crippen LogP contribution in [0.25, 0.3) is 10.6 Å². The number of carbonyl (C=O) groups excluding carboxylic acids is 1. The third-order valence-corrected chi connectivity index (χ3v) is 6.62. The van der Waals surface area contributed by atoms with Crippen LogP contribution >= 0.6 is 34.5 Å². The minimum atomic E-state index is 0.0400. The molecule has 1 aliphatic rings. The summed E-state index contributed by atoms with van der Waals surface area (Å²) in [5.41, 5.74) is 1.99. The Morgan fingerprint density at radius 3 is 2.57 bits per heavy atom. The van der Waals surface area contributed by atoms with Gasteiger partial charge in [0.15, 0.2) is 0 Å². The summed E-state index contributed by atoms with van der Waals surface area (Å²) >= 11 is 13.8. The highest BCUT2D eigenvalue weighted by molar-refractivity contribution is 7.16. The van der Waals surface area contributed by atoms with Gasteiger partial charge in [0, 0.05) is 50.7 Å². The van der Waals surface area contributed by atoms with Crippen LogP contribution in [0.15, 0.2) is 48.9 Å². The lowest BCUT2D eigenvalue weighted by atomic mass is 10.2. The zero-order valence-electron chi connectivity index (χ0n) is 15.0. The number of halogens is 2. The van der Waals surface area contributed by atoms with E-state index < -0.39 is 0 Å². The second-order valence-electron chi connectivity index (χ2n) is 6.55. The maximum Gasteiger partial charge on any atom is 0.265 e. The SMILES string of the molecule is O=C(c1cnc(-c2ccncc2)s1)N1CCN(Cc2cccc(Cl)c2Cl)CC1. The molecule has 5 nitrogen and oxygen atoms in total. The first-order valence-electron chi connectivity index (χ1n) is 8.92. The quantitative estimate of drug-likeness (QED) is 0.609. The average molecular weight is 433 g/mol. The second-order valence-corrected chi connectivity index (χ2v) is 8.36. The lowest BCUT2D eigenvalue weighted by Gasteiger charge is -2.34. The Morgan fingerprint density at radius 1 is 1.07 bits per heavy atom. The Morgan fingerprint density at radius 2 is 1.82 bits per heavy atom. The number of pyridine rings is 1. The van der Waals surface area contributed by atoms with Crippen molar-refractivity contribution in [1.29, 1.82) is 0 Å². The summed E-state index contributed by atoms with van der Waals surface area (Å²) in [6.07, 6.45) is 5.12. The highest BCUT2D eigenvalue weighted by Crippen LogP contribution is 2.28. The van der Waals surface area contributed by atoms with Crippen LogP contribution in [0, 0.1) is 0 Å². The summed E-state index contributed by atoms with van der Waals surface area (Å²) in [5.74, 6) is 0.0400. The number of carbonyl (C=O) groups is 1. The van der Waals surface area contributed by atoms with Crippen molar-refractivity contribution in [1.82, 2.24) is 19.8 Å². The minimum Gasteiger partial charge on any atom is -0.335 e. The van der Waals surface area contributed by atoms with Gasteiger partial charge in [-0.15, -0.1) is 11.3 Å². The highest BCUT2D eigenvalue weighted by Gasteiger charge is 2.24. The molecule has 0 spiro atoms. The number of thiazole rings is 1. The van der Waals surface area contributed by atoms with Crippen LogP contribution in [0.4, 0.5) is 0 Å². The number of hydrogen-bond acceptors (Lipinski definition) is 5. The van der Waals surface area contributed by atoms with Gasteiger partial charge in [-0.05, 0) is 23.8 Å². The average Bonchev–Trinajstić information content (AvgIpc) is 3.22. The predicted molar refractivity (Wildman–Crippen MR) is 113 cm³/mol. The molecular weight excluding hydrogens is 415 g/mol. The number of benzene rings is 1. The van der Waals surface area contributed by atoms with Gasteiger partial charge in [0.2, 0.25) is 0 Å². The van der Waals surface area contributed by atoms with Gasteiger partial charge in [0.25, 0.3) is 5.91 Å². The molecule has 1 aromatic carbocycles. The zero-order chi connectivity index (χ0) is 19.5. The monoisotopic (exact) mass is 432 g/mol. The first-order chi connectivity index (χ1) is 13.6. The molecule has 3 heterocycles. The fourth-order valence-corrected chi connectivity index (χ4v) is 4.45. The molecule has 1 amide bonds. The highest BCUT2D eigenvalue weighted by atomic mass is 35.5. The molecule has 28 heavy (non-hydrogen) atoms. The molecule has 8 heteroatoms. The maximum absolute atomic E-state index is 12.8. The van der Waals surface area contributed by atoms with Gasteiger partial charge in [-0.1, -0.05) is 35.3 Å². The van der Waals surface area contributed by atoms with Crippen molar-refractivity contribution in [3.8, 4) is 10.6 Å². The van der Waals surface area contributed by atoms with E-state index in [-0.39, 0.29) is 5.91 Å². The lowest BCUT2D eigenvalue weighted by molar-refractivity contribution is 0.0633. The first-order valence-corrected chi connectivity index (χ1v) is 10.5. The molecule has 0 unspecified atom stereocenters. The van der Waals surface area contributed by atoms with Crippen molar-refractivity contribution in [3.05, 3.63) is 69.4 Å². The summed E-state index contributed by atoms with van der Waals surface area (Å²) < 4.78 is 0. The van der Waals surface area contributed by atoms with E-state index in [1.165, 1.54) is 11.3 Å². The molecular formula is C20H18Cl2N4OS. The van der Waals surface area contributed by atoms with Crippen molar-refractivity contribution in [3.63, 3.8) is 0 Å². The van der Waals surface area contributed by atoms with Crippen LogP contribution in [-0.2, 0) is 6.54 Å². The Hall–Kier alpha value is -1.99. The van der Waals surface area contributed by atoms with Gasteiger partial charge < -0.3 is 4.90 Å². The smallest absolute Gasteiger partial charge is 0.265 e. The summed E-state index contributed by atoms with van der Waals surface area (Å²) in [7, 11) is 0. The van der Waals surface area contributed by atoms with Crippen LogP contribution in [-0.4, -0.2) is 51.9 Å². The number of rotatable bonds is 4. The largest absolute Gasteiger partial charge is 0.335 e. The molecule has 0 bridgehead atoms. The standard InChI is InChI=1S/C20H18Cl2N4OS/c21-16-3-1-2-15(18(16)22)13-25-8-10-26(11-9-25)20(27)17-12-24-19(28-17)14-4-6-23-7-5-14/h1-7,12H,8-11,13H2. The Kier molecular flexibility index (Phi) is 5.92. The van der Waals surface area contributed by atoms with E-state index in [1.807, 2.05) is 29.2 Å². The predicted octanol–water partition coefficient (Wildman–Crippen LogP) is 4.47. The molecule has 1 saturated heterocycles. The molecule has 144 valence electrons. The topological polar surface area (TPSA) is 49.3 Å². The minimum absolute atomic E-state index is 0.0400. The van der Waals surface area contributed by atoms with Gasteiger partial charge in [0.1, 0.15) is 9.88 Å². The van der Waals surface area contributed by atoms with Crippen LogP contribution in [0.2, 0.25) is 10.0 Å². The van der Waals surface area contributed by atoms with E-state index in [2.05, 4.69) is 14.9 Å². The Balaban J connectivity index is 1.37. The molecule has 0 N–H and O–H groups in total. The van der Waals surface area contributed by atoms with E-state index in [1.54, 1.807) is 24.7 Å². The number of nitrogens with zero attached hydrogens (tertiary/aromatic N) is 4. The fraction of sp³-hybridized carbons (Fsp3) is 0.250. The molecule has 1 fully saturated rings. The number of amides is 1. The molecule has 2 aromatic heterocycles. The van der Waals surface area contributed by atoms with Crippen LogP contribution in [0.5, 0.6) is 0 Å². The third kappa shape index (κ3) is 4.20. The van der Waals surface area contributed by atoms with Crippen molar-refractivity contribution in [2.24, 2.45) is 0 Å². The first kappa shape index (κ1) is 19.3. The molecule has 3 aromatic rings. The summed E-state index contributed by atoms with van der Waals surface area (Å²) in [5, 5.41) is 2.01. The van der Waals surface area contributed by atoms with E-state index in [4.69, 9.17) is 23.2 Å². The number of hydrogen-bond donors (Lipinski definition) is 0. The molecule has 0 radical (unpaired) electrons. The van der Waals surface area contributed by atoms with Crippen molar-refractivity contribution in [2.75, 3.05) is 26.2 Å². The van der Waals surface area contributed by atoms with Gasteiger partial charge in [-0.25, -0.2) is 4.98 Å². The van der Waals surface area contributed by atoms with E-state index in [9.17, 15) is 4.79 Å². The van der Waals surface area contributed by atoms with Gasteiger partial charge >= 0.3 is 0 Å². The summed E-state index contributed by atoms with van der Waals surface area (Å²) in [6.45, 7) is 3.68. The Bertz CT molecular complexity index is 971. The van der Waals surface area contributed by atoms with Crippen LogP contribution in [0.3, 0.4) is 0 Å². The van der Waals surface area contributed by atoms with Gasteiger partial charge in [-0.3, -0.25) is 14.7 Å². The van der Waals surface area contributed by atoms with Crippen LogP contribution in [0.1, 0.15) is 15.2 Å². The van der Waals surface area contributed by atoms with Crippen molar-refractivity contribution >= 4 is 40.4 Å². The maximum atomic E-state index is 12.8. The van der Waals surface area contributed by atoms with Crippen molar-refractivity contribution in [2.45, 2.75) is 6.54 Å². The number of aromatic nitrogens is 2. The summed E-state index contributed by atoms with van der Waals surface area (Å²) in [4.78, 5) is 26.1. The van der Waals surface area contributed by atoms with Gasteiger partial charge in [0.05, 0.1) is 16.2 Å². The molecule has 0 atom stereocenters. The Labute approximate surface area is 177 Å². The van der Waals surface area contributed by atoms with Crippen LogP contribution < -0.4 is 0 Å². The number of piperazine rings is 1. The van der Waals surface area contributed by atoms with Gasteiger partial charge in [-0.2, -0.15) is 0 Å². The molecule has 0 aliphatic carbocycles. The van der Waals surface area contributed by atoms with E-state index in [0.717, 1.165) is 35.8 Å². The van der Waals surface area contributed by atoms with E-state index in [0.29, 0.717) is 28.0 Å². The fourth-order valence-electron chi connectivity index (χ4n) is 3.18. The third-order valence-electron chi connectivity index (χ3n) is 4.73. The lowest BCUT2D eigenvalue weighted by Crippen LogP contribution is -2.48.